The van der Waals surface area contributed by atoms with Gasteiger partial charge in [0.25, 0.3) is 5.91 Å². The highest BCUT2D eigenvalue weighted by Gasteiger charge is 2.42. The van der Waals surface area contributed by atoms with Gasteiger partial charge >= 0.3 is 5.97 Å². The van der Waals surface area contributed by atoms with Crippen LogP contribution in [0.15, 0.2) is 72.8 Å². The van der Waals surface area contributed by atoms with Crippen LogP contribution in [0.4, 0.5) is 5.69 Å². The van der Waals surface area contributed by atoms with Crippen molar-refractivity contribution in [2.75, 3.05) is 39.2 Å². The molecule has 3 aromatic carbocycles. The number of rotatable bonds is 13. The maximum Gasteiger partial charge on any atom is 0.338 e. The maximum atomic E-state index is 13.6. The van der Waals surface area contributed by atoms with Gasteiger partial charge in [-0.1, -0.05) is 36.4 Å². The summed E-state index contributed by atoms with van der Waals surface area (Å²) in [7, 11) is 3.17. The van der Waals surface area contributed by atoms with Crippen LogP contribution in [0.1, 0.15) is 34.8 Å². The number of carbonyl (C=O) groups excluding carboxylic acids is 3. The van der Waals surface area contributed by atoms with E-state index in [4.69, 9.17) is 26.4 Å². The molecule has 1 saturated heterocycles. The first kappa shape index (κ1) is 30.5. The molecule has 42 heavy (non-hydrogen) atoms. The quantitative estimate of drug-likeness (QED) is 0.230. The lowest BCUT2D eigenvalue weighted by molar-refractivity contribution is -0.130. The molecule has 2 amide bonds. The van der Waals surface area contributed by atoms with Crippen LogP contribution in [-0.2, 0) is 27.2 Å². The molecule has 0 aliphatic carbocycles. The average Bonchev–Trinajstić information content (AvgIpc) is 3.22. The number of amides is 2. The third kappa shape index (κ3) is 7.44. The van der Waals surface area contributed by atoms with E-state index in [1.54, 1.807) is 50.3 Å². The number of benzene rings is 3. The van der Waals surface area contributed by atoms with E-state index < -0.39 is 12.0 Å². The summed E-state index contributed by atoms with van der Waals surface area (Å²) in [4.78, 5) is 42.1. The van der Waals surface area contributed by atoms with E-state index in [0.29, 0.717) is 53.8 Å². The van der Waals surface area contributed by atoms with Crippen molar-refractivity contribution in [3.8, 4) is 11.5 Å². The molecule has 1 N–H and O–H groups in total. The SMILES string of the molecule is CCOC(=O)c1ccc(NC(=O)C[C@H]2C(=O)N(CCc3ccccc3)C(=S)N2CCc2ccc(OC)c(OC)c2)cc1. The highest BCUT2D eigenvalue weighted by atomic mass is 32.1. The van der Waals surface area contributed by atoms with Crippen molar-refractivity contribution < 1.29 is 28.6 Å². The van der Waals surface area contributed by atoms with Gasteiger partial charge in [-0.05, 0) is 79.5 Å². The van der Waals surface area contributed by atoms with E-state index in [1.807, 2.05) is 53.4 Å². The van der Waals surface area contributed by atoms with Gasteiger partial charge in [-0.2, -0.15) is 0 Å². The second kappa shape index (κ2) is 14.5. The van der Waals surface area contributed by atoms with Crippen LogP contribution in [0.5, 0.6) is 11.5 Å². The Morgan fingerprint density at radius 3 is 2.24 bits per heavy atom. The molecule has 1 aliphatic heterocycles. The fraction of sp³-hybridized carbons (Fsp3) is 0.312. The summed E-state index contributed by atoms with van der Waals surface area (Å²) in [5.41, 5.74) is 2.98. The number of esters is 1. The Hall–Kier alpha value is -4.44. The number of nitrogens with one attached hydrogen (secondary N) is 1. The molecule has 0 bridgehead atoms. The van der Waals surface area contributed by atoms with Gasteiger partial charge in [0.15, 0.2) is 16.6 Å². The number of hydrogen-bond acceptors (Lipinski definition) is 7. The van der Waals surface area contributed by atoms with Gasteiger partial charge in [0, 0.05) is 18.8 Å². The summed E-state index contributed by atoms with van der Waals surface area (Å²) in [6, 6.07) is 21.3. The molecule has 0 unspecified atom stereocenters. The van der Waals surface area contributed by atoms with Crippen LogP contribution in [0.25, 0.3) is 0 Å². The van der Waals surface area contributed by atoms with Gasteiger partial charge in [-0.3, -0.25) is 14.5 Å². The fourth-order valence-electron chi connectivity index (χ4n) is 4.81. The van der Waals surface area contributed by atoms with Crippen LogP contribution >= 0.6 is 12.2 Å². The second-order valence-corrected chi connectivity index (χ2v) is 10.1. The van der Waals surface area contributed by atoms with E-state index in [-0.39, 0.29) is 24.8 Å². The van der Waals surface area contributed by atoms with E-state index in [2.05, 4.69) is 5.32 Å². The van der Waals surface area contributed by atoms with Crippen molar-refractivity contribution in [3.63, 3.8) is 0 Å². The van der Waals surface area contributed by atoms with Crippen molar-refractivity contribution in [2.24, 2.45) is 0 Å². The average molecular weight is 590 g/mol. The summed E-state index contributed by atoms with van der Waals surface area (Å²) in [5, 5.41) is 3.25. The van der Waals surface area contributed by atoms with Crippen molar-refractivity contribution in [3.05, 3.63) is 89.5 Å². The number of nitrogens with zero attached hydrogens (tertiary/aromatic N) is 2. The van der Waals surface area contributed by atoms with Crippen LogP contribution in [-0.4, -0.2) is 72.7 Å². The first-order valence-corrected chi connectivity index (χ1v) is 14.2. The van der Waals surface area contributed by atoms with Crippen LogP contribution in [0, 0.1) is 0 Å². The summed E-state index contributed by atoms with van der Waals surface area (Å²) in [6.45, 7) is 2.87. The molecule has 3 aromatic rings. The minimum Gasteiger partial charge on any atom is -0.493 e. The molecule has 0 saturated carbocycles. The molecular weight excluding hydrogens is 554 g/mol. The Morgan fingerprint density at radius 1 is 0.881 bits per heavy atom. The van der Waals surface area contributed by atoms with Crippen LogP contribution in [0.3, 0.4) is 0 Å². The number of methoxy groups -OCH3 is 2. The predicted octanol–water partition coefficient (Wildman–Crippen LogP) is 4.49. The largest absolute Gasteiger partial charge is 0.493 e. The van der Waals surface area contributed by atoms with Gasteiger partial charge in [0.1, 0.15) is 6.04 Å². The molecule has 10 heteroatoms. The summed E-state index contributed by atoms with van der Waals surface area (Å²) in [6.07, 6.45) is 1.14. The monoisotopic (exact) mass is 589 g/mol. The zero-order valence-corrected chi connectivity index (χ0v) is 24.8. The van der Waals surface area contributed by atoms with Crippen LogP contribution < -0.4 is 14.8 Å². The zero-order chi connectivity index (χ0) is 30.1. The third-order valence-corrected chi connectivity index (χ3v) is 7.47. The Balaban J connectivity index is 1.48. The molecule has 1 atom stereocenters. The first-order valence-electron chi connectivity index (χ1n) is 13.8. The summed E-state index contributed by atoms with van der Waals surface area (Å²) >= 11 is 5.79. The molecule has 9 nitrogen and oxygen atoms in total. The summed E-state index contributed by atoms with van der Waals surface area (Å²) < 4.78 is 15.8. The van der Waals surface area contributed by atoms with Gasteiger partial charge < -0.3 is 24.4 Å². The van der Waals surface area contributed by atoms with E-state index >= 15 is 0 Å². The Bertz CT molecular complexity index is 1410. The Morgan fingerprint density at radius 2 is 1.57 bits per heavy atom. The lowest BCUT2D eigenvalue weighted by Gasteiger charge is -2.24. The predicted molar refractivity (Wildman–Crippen MR) is 164 cm³/mol. The number of thiocarbonyl (C=S) groups is 1. The Labute approximate surface area is 251 Å². The fourth-order valence-corrected chi connectivity index (χ4v) is 5.21. The van der Waals surface area contributed by atoms with Gasteiger partial charge in [0.05, 0.1) is 32.8 Å². The normalized spacial score (nSPS) is 14.6. The molecule has 0 aromatic heterocycles. The number of hydrogen-bond donors (Lipinski definition) is 1. The number of ether oxygens (including phenoxy) is 3. The second-order valence-electron chi connectivity index (χ2n) is 9.71. The highest BCUT2D eigenvalue weighted by Crippen LogP contribution is 2.29. The molecule has 1 aliphatic rings. The highest BCUT2D eigenvalue weighted by molar-refractivity contribution is 7.80. The maximum absolute atomic E-state index is 13.6. The molecule has 1 heterocycles. The topological polar surface area (TPSA) is 97.4 Å². The zero-order valence-electron chi connectivity index (χ0n) is 24.0. The third-order valence-electron chi connectivity index (χ3n) is 7.02. The van der Waals surface area contributed by atoms with E-state index in [0.717, 1.165) is 11.1 Å². The van der Waals surface area contributed by atoms with Gasteiger partial charge in [-0.15, -0.1) is 0 Å². The molecular formula is C32H35N3O6S. The minimum atomic E-state index is -0.743. The van der Waals surface area contributed by atoms with Crippen molar-refractivity contribution in [2.45, 2.75) is 32.2 Å². The van der Waals surface area contributed by atoms with Crippen molar-refractivity contribution >= 4 is 40.8 Å². The first-order chi connectivity index (χ1) is 20.3. The van der Waals surface area contributed by atoms with E-state index in [1.165, 1.54) is 0 Å². The molecule has 4 rings (SSSR count). The smallest absolute Gasteiger partial charge is 0.338 e. The lowest BCUT2D eigenvalue weighted by atomic mass is 10.1. The molecule has 220 valence electrons. The van der Waals surface area contributed by atoms with E-state index in [9.17, 15) is 14.4 Å². The van der Waals surface area contributed by atoms with Gasteiger partial charge in [-0.25, -0.2) is 4.79 Å². The standard InChI is InChI=1S/C32H35N3O6S/c1-4-41-31(38)24-11-13-25(14-12-24)33-29(36)21-26-30(37)35(19-16-22-8-6-5-7-9-22)32(42)34(26)18-17-23-10-15-27(39-2)28(20-23)40-3/h5-15,20,26H,4,16-19,21H2,1-3H3,(H,33,36)/t26-/m0/s1. The number of carbonyl (C=O) groups is 3. The molecule has 0 radical (unpaired) electrons. The Kier molecular flexibility index (Phi) is 10.5. The molecule has 1 fully saturated rings. The molecule has 0 spiro atoms. The van der Waals surface area contributed by atoms with Gasteiger partial charge in [0.2, 0.25) is 5.91 Å². The van der Waals surface area contributed by atoms with Crippen molar-refractivity contribution in [1.29, 1.82) is 0 Å². The number of anilines is 1. The van der Waals surface area contributed by atoms with Crippen molar-refractivity contribution in [1.82, 2.24) is 9.80 Å². The minimum absolute atomic E-state index is 0.0770. The lowest BCUT2D eigenvalue weighted by Crippen LogP contribution is -2.39. The summed E-state index contributed by atoms with van der Waals surface area (Å²) in [5.74, 6) is 0.285. The van der Waals surface area contributed by atoms with Crippen LogP contribution in [0.2, 0.25) is 0 Å².